The third kappa shape index (κ3) is 2.62. The molecule has 0 saturated heterocycles. The average molecular weight is 253 g/mol. The maximum absolute atomic E-state index is 12.4. The molecular weight excluding hydrogens is 234 g/mol. The summed E-state index contributed by atoms with van der Waals surface area (Å²) in [6.07, 6.45) is 6.02. The highest BCUT2D eigenvalue weighted by atomic mass is 16.1. The summed E-state index contributed by atoms with van der Waals surface area (Å²) in [6.45, 7) is 0. The maximum atomic E-state index is 12.4. The van der Waals surface area contributed by atoms with Crippen LogP contribution in [0.5, 0.6) is 0 Å². The number of hydrogen-bond acceptors (Lipinski definition) is 1. The predicted octanol–water partition coefficient (Wildman–Crippen LogP) is 3.90. The van der Waals surface area contributed by atoms with E-state index in [-0.39, 0.29) is 5.91 Å². The monoisotopic (exact) mass is 253 g/mol. The molecule has 0 heterocycles. The minimum absolute atomic E-state index is 0.0729. The summed E-state index contributed by atoms with van der Waals surface area (Å²) in [5.74, 6) is 0.0729. The van der Waals surface area contributed by atoms with Gasteiger partial charge in [0.25, 0.3) is 5.91 Å². The molecule has 0 atom stereocenters. The first-order valence-electron chi connectivity index (χ1n) is 7.13. The number of fused-ring (bicyclic) bond motifs is 1. The van der Waals surface area contributed by atoms with E-state index < -0.39 is 0 Å². The van der Waals surface area contributed by atoms with Gasteiger partial charge in [-0.3, -0.25) is 4.79 Å². The molecule has 1 aliphatic carbocycles. The van der Waals surface area contributed by atoms with Gasteiger partial charge in [0.15, 0.2) is 0 Å². The summed E-state index contributed by atoms with van der Waals surface area (Å²) in [4.78, 5) is 12.4. The van der Waals surface area contributed by atoms with Crippen molar-refractivity contribution in [3.63, 3.8) is 0 Å². The summed E-state index contributed by atoms with van der Waals surface area (Å²) in [5.41, 5.74) is 0.795. The van der Waals surface area contributed by atoms with E-state index in [0.717, 1.165) is 29.2 Å². The van der Waals surface area contributed by atoms with Gasteiger partial charge >= 0.3 is 0 Å². The number of benzene rings is 2. The lowest BCUT2D eigenvalue weighted by molar-refractivity contribution is 0.0929. The first-order chi connectivity index (χ1) is 9.34. The summed E-state index contributed by atoms with van der Waals surface area (Å²) in [6, 6.07) is 14.3. The Labute approximate surface area is 113 Å². The van der Waals surface area contributed by atoms with Gasteiger partial charge in [-0.15, -0.1) is 0 Å². The second kappa shape index (κ2) is 5.43. The van der Waals surface area contributed by atoms with Gasteiger partial charge in [-0.2, -0.15) is 0 Å². The van der Waals surface area contributed by atoms with Gasteiger partial charge in [0.05, 0.1) is 0 Å². The van der Waals surface area contributed by atoms with Gasteiger partial charge in [0, 0.05) is 11.6 Å². The molecule has 0 bridgehead atoms. The minimum atomic E-state index is 0.0729. The van der Waals surface area contributed by atoms with Crippen molar-refractivity contribution < 1.29 is 4.79 Å². The van der Waals surface area contributed by atoms with E-state index in [1.165, 1.54) is 19.3 Å². The van der Waals surface area contributed by atoms with Crippen LogP contribution in [0.3, 0.4) is 0 Å². The lowest BCUT2D eigenvalue weighted by atomic mass is 9.95. The van der Waals surface area contributed by atoms with Crippen molar-refractivity contribution in [2.75, 3.05) is 0 Å². The van der Waals surface area contributed by atoms with Crippen LogP contribution in [0.15, 0.2) is 42.5 Å². The third-order valence-corrected chi connectivity index (χ3v) is 3.97. The van der Waals surface area contributed by atoms with Crippen LogP contribution in [0.4, 0.5) is 0 Å². The first kappa shape index (κ1) is 12.2. The summed E-state index contributed by atoms with van der Waals surface area (Å²) >= 11 is 0. The zero-order valence-corrected chi connectivity index (χ0v) is 11.1. The second-order valence-corrected chi connectivity index (χ2v) is 5.34. The topological polar surface area (TPSA) is 29.1 Å². The molecule has 0 aliphatic heterocycles. The molecule has 2 nitrogen and oxygen atoms in total. The van der Waals surface area contributed by atoms with Crippen LogP contribution in [-0.4, -0.2) is 11.9 Å². The molecular formula is C17H19NO. The van der Waals surface area contributed by atoms with Crippen molar-refractivity contribution in [3.05, 3.63) is 48.0 Å². The molecule has 0 unspecified atom stereocenters. The fourth-order valence-electron chi connectivity index (χ4n) is 2.93. The Morgan fingerprint density at radius 1 is 0.947 bits per heavy atom. The van der Waals surface area contributed by atoms with Gasteiger partial charge in [-0.1, -0.05) is 55.7 Å². The molecule has 2 heteroatoms. The summed E-state index contributed by atoms with van der Waals surface area (Å²) in [7, 11) is 0. The SMILES string of the molecule is O=C(NC1CCCCC1)c1cccc2ccccc12. The van der Waals surface area contributed by atoms with Crippen LogP contribution < -0.4 is 5.32 Å². The zero-order valence-electron chi connectivity index (χ0n) is 11.1. The highest BCUT2D eigenvalue weighted by molar-refractivity contribution is 6.07. The molecule has 1 saturated carbocycles. The van der Waals surface area contributed by atoms with E-state index in [1.54, 1.807) is 0 Å². The van der Waals surface area contributed by atoms with Crippen LogP contribution in [0, 0.1) is 0 Å². The highest BCUT2D eigenvalue weighted by Crippen LogP contribution is 2.21. The molecule has 2 aromatic carbocycles. The standard InChI is InChI=1S/C17H19NO/c19-17(18-14-9-2-1-3-10-14)16-12-6-8-13-7-4-5-11-15(13)16/h4-8,11-12,14H,1-3,9-10H2,(H,18,19). The van der Waals surface area contributed by atoms with Gasteiger partial charge in [0.1, 0.15) is 0 Å². The van der Waals surface area contributed by atoms with E-state index >= 15 is 0 Å². The Bertz CT molecular complexity index is 579. The van der Waals surface area contributed by atoms with E-state index in [4.69, 9.17) is 0 Å². The molecule has 0 spiro atoms. The van der Waals surface area contributed by atoms with E-state index in [9.17, 15) is 4.79 Å². The van der Waals surface area contributed by atoms with Crippen molar-refractivity contribution in [2.24, 2.45) is 0 Å². The Morgan fingerprint density at radius 2 is 1.68 bits per heavy atom. The fourth-order valence-corrected chi connectivity index (χ4v) is 2.93. The molecule has 98 valence electrons. The van der Waals surface area contributed by atoms with Crippen molar-refractivity contribution >= 4 is 16.7 Å². The molecule has 1 fully saturated rings. The number of hydrogen-bond donors (Lipinski definition) is 1. The molecule has 19 heavy (non-hydrogen) atoms. The quantitative estimate of drug-likeness (QED) is 0.864. The first-order valence-corrected chi connectivity index (χ1v) is 7.13. The number of nitrogens with one attached hydrogen (secondary N) is 1. The molecule has 1 N–H and O–H groups in total. The van der Waals surface area contributed by atoms with Gasteiger partial charge in [0.2, 0.25) is 0 Å². The number of carbonyl (C=O) groups excluding carboxylic acids is 1. The summed E-state index contributed by atoms with van der Waals surface area (Å²) in [5, 5.41) is 5.35. The average Bonchev–Trinajstić information content (AvgIpc) is 2.47. The molecule has 0 radical (unpaired) electrons. The van der Waals surface area contributed by atoms with Crippen LogP contribution in [0.2, 0.25) is 0 Å². The summed E-state index contributed by atoms with van der Waals surface area (Å²) < 4.78 is 0. The van der Waals surface area contributed by atoms with Crippen LogP contribution in [0.25, 0.3) is 10.8 Å². The van der Waals surface area contributed by atoms with E-state index in [2.05, 4.69) is 5.32 Å². The van der Waals surface area contributed by atoms with Crippen LogP contribution >= 0.6 is 0 Å². The number of amides is 1. The Morgan fingerprint density at radius 3 is 2.53 bits per heavy atom. The normalized spacial score (nSPS) is 16.4. The van der Waals surface area contributed by atoms with Crippen molar-refractivity contribution in [2.45, 2.75) is 38.1 Å². The lowest BCUT2D eigenvalue weighted by Gasteiger charge is -2.23. The predicted molar refractivity (Wildman–Crippen MR) is 78.3 cm³/mol. The zero-order chi connectivity index (χ0) is 13.1. The van der Waals surface area contributed by atoms with Crippen molar-refractivity contribution in [3.8, 4) is 0 Å². The van der Waals surface area contributed by atoms with Gasteiger partial charge in [-0.25, -0.2) is 0 Å². The largest absolute Gasteiger partial charge is 0.349 e. The third-order valence-electron chi connectivity index (χ3n) is 3.97. The Kier molecular flexibility index (Phi) is 3.49. The second-order valence-electron chi connectivity index (χ2n) is 5.34. The minimum Gasteiger partial charge on any atom is -0.349 e. The number of rotatable bonds is 2. The molecule has 1 aliphatic rings. The van der Waals surface area contributed by atoms with Crippen molar-refractivity contribution in [1.29, 1.82) is 0 Å². The Hall–Kier alpha value is -1.83. The van der Waals surface area contributed by atoms with Crippen LogP contribution in [-0.2, 0) is 0 Å². The molecule has 1 amide bonds. The van der Waals surface area contributed by atoms with Gasteiger partial charge in [-0.05, 0) is 29.7 Å². The van der Waals surface area contributed by atoms with E-state index in [0.29, 0.717) is 6.04 Å². The van der Waals surface area contributed by atoms with Crippen molar-refractivity contribution in [1.82, 2.24) is 5.32 Å². The molecule has 3 rings (SSSR count). The van der Waals surface area contributed by atoms with E-state index in [1.807, 2.05) is 42.5 Å². The lowest BCUT2D eigenvalue weighted by Crippen LogP contribution is -2.36. The smallest absolute Gasteiger partial charge is 0.252 e. The maximum Gasteiger partial charge on any atom is 0.252 e. The Balaban J connectivity index is 1.85. The fraction of sp³-hybridized carbons (Fsp3) is 0.353. The van der Waals surface area contributed by atoms with Crippen LogP contribution in [0.1, 0.15) is 42.5 Å². The molecule has 0 aromatic heterocycles. The highest BCUT2D eigenvalue weighted by Gasteiger charge is 2.17. The molecule has 2 aromatic rings. The van der Waals surface area contributed by atoms with Gasteiger partial charge < -0.3 is 5.32 Å². The number of carbonyl (C=O) groups is 1.